The molecule has 8 nitrogen and oxygen atoms in total. The predicted octanol–water partition coefficient (Wildman–Crippen LogP) is 2.78. The average Bonchev–Trinajstić information content (AvgIpc) is 3.38. The molecule has 0 spiro atoms. The number of alkyl carbamates (subject to hydrolysis) is 1. The van der Waals surface area contributed by atoms with E-state index in [1.165, 1.54) is 0 Å². The number of carboxylic acid groups (broad SMARTS) is 1. The van der Waals surface area contributed by atoms with E-state index in [9.17, 15) is 14.4 Å². The van der Waals surface area contributed by atoms with Gasteiger partial charge in [-0.25, -0.2) is 4.79 Å². The number of nitrogens with zero attached hydrogens (tertiary/aromatic N) is 2. The number of fused-ring (bicyclic) bond motifs is 3. The number of likely N-dealkylation sites (tertiary alicyclic amines) is 1. The molecule has 1 heterocycles. The highest BCUT2D eigenvalue weighted by Gasteiger charge is 2.34. The van der Waals surface area contributed by atoms with E-state index in [2.05, 4.69) is 29.6 Å². The van der Waals surface area contributed by atoms with E-state index in [1.807, 2.05) is 43.3 Å². The fraction of sp³-hybridized carbons (Fsp3) is 0.423. The molecule has 2 aliphatic rings. The second kappa shape index (κ2) is 10.3. The fourth-order valence-corrected chi connectivity index (χ4v) is 5.00. The van der Waals surface area contributed by atoms with E-state index in [0.29, 0.717) is 26.1 Å². The smallest absolute Gasteiger partial charge is 0.407 e. The van der Waals surface area contributed by atoms with Crippen molar-refractivity contribution in [2.45, 2.75) is 24.8 Å². The van der Waals surface area contributed by atoms with Crippen LogP contribution in [0.5, 0.6) is 0 Å². The Hall–Kier alpha value is -3.39. The van der Waals surface area contributed by atoms with Gasteiger partial charge in [-0.15, -0.1) is 0 Å². The van der Waals surface area contributed by atoms with Crippen molar-refractivity contribution in [2.24, 2.45) is 5.92 Å². The van der Waals surface area contributed by atoms with E-state index in [-0.39, 0.29) is 30.8 Å². The molecule has 8 heteroatoms. The van der Waals surface area contributed by atoms with Crippen LogP contribution in [-0.4, -0.2) is 79.3 Å². The molecule has 1 unspecified atom stereocenters. The van der Waals surface area contributed by atoms with Gasteiger partial charge in [0.25, 0.3) is 0 Å². The highest BCUT2D eigenvalue weighted by molar-refractivity contribution is 5.86. The number of hydrogen-bond donors (Lipinski definition) is 2. The molecule has 2 amide bonds. The number of likely N-dealkylation sites (N-methyl/N-ethyl adjacent to an activating group) is 1. The molecule has 1 aliphatic heterocycles. The van der Waals surface area contributed by atoms with E-state index in [1.54, 1.807) is 4.90 Å². The third kappa shape index (κ3) is 5.22. The zero-order chi connectivity index (χ0) is 24.2. The number of rotatable bonds is 8. The molecule has 2 aromatic rings. The van der Waals surface area contributed by atoms with Gasteiger partial charge >= 0.3 is 12.1 Å². The Morgan fingerprint density at radius 3 is 2.29 bits per heavy atom. The molecule has 0 saturated carbocycles. The molecule has 4 rings (SSSR count). The van der Waals surface area contributed by atoms with Crippen molar-refractivity contribution in [1.29, 1.82) is 0 Å². The van der Waals surface area contributed by atoms with E-state index < -0.39 is 18.1 Å². The summed E-state index contributed by atoms with van der Waals surface area (Å²) in [5.74, 6) is -1.19. The lowest BCUT2D eigenvalue weighted by Crippen LogP contribution is -2.52. The van der Waals surface area contributed by atoms with Crippen LogP contribution in [0, 0.1) is 5.92 Å². The lowest BCUT2D eigenvalue weighted by atomic mass is 9.98. The molecular formula is C26H31N3O5. The molecule has 1 fully saturated rings. The molecule has 180 valence electrons. The van der Waals surface area contributed by atoms with Crippen LogP contribution in [0.15, 0.2) is 48.5 Å². The number of nitrogens with one attached hydrogen (secondary N) is 1. The summed E-state index contributed by atoms with van der Waals surface area (Å²) in [6, 6.07) is 15.5. The molecule has 1 saturated heterocycles. The molecule has 2 N–H and O–H groups in total. The number of carbonyl (C=O) groups is 3. The van der Waals surface area contributed by atoms with Crippen LogP contribution in [0.2, 0.25) is 0 Å². The number of aliphatic carboxylic acids is 1. The van der Waals surface area contributed by atoms with Gasteiger partial charge in [0, 0.05) is 32.0 Å². The molecule has 0 bridgehead atoms. The molecule has 1 aliphatic carbocycles. The standard InChI is InChI=1S/C26H31N3O5/c1-28(2)15-23(25(32)29-12-11-17(14-29)13-24(30)31)27-26(33)34-16-22-20-9-5-3-7-18(20)19-8-4-6-10-21(19)22/h3-10,17,22-23H,11-16H2,1-2H3,(H,27,33)(H,30,31)/t17?,23-/m0/s1. The lowest BCUT2D eigenvalue weighted by Gasteiger charge is -2.26. The Labute approximate surface area is 199 Å². The van der Waals surface area contributed by atoms with Crippen molar-refractivity contribution >= 4 is 18.0 Å². The Bertz CT molecular complexity index is 1020. The van der Waals surface area contributed by atoms with Crippen molar-refractivity contribution in [2.75, 3.05) is 40.3 Å². The van der Waals surface area contributed by atoms with Crippen molar-refractivity contribution in [3.63, 3.8) is 0 Å². The van der Waals surface area contributed by atoms with Gasteiger partial charge in [-0.05, 0) is 48.7 Å². The summed E-state index contributed by atoms with van der Waals surface area (Å²) < 4.78 is 5.62. The lowest BCUT2D eigenvalue weighted by molar-refractivity contribution is -0.138. The van der Waals surface area contributed by atoms with Gasteiger partial charge in [0.15, 0.2) is 0 Å². The molecule has 0 radical (unpaired) electrons. The highest BCUT2D eigenvalue weighted by atomic mass is 16.5. The summed E-state index contributed by atoms with van der Waals surface area (Å²) >= 11 is 0. The predicted molar refractivity (Wildman–Crippen MR) is 127 cm³/mol. The first-order chi connectivity index (χ1) is 16.3. The summed E-state index contributed by atoms with van der Waals surface area (Å²) in [5.41, 5.74) is 4.55. The first-order valence-electron chi connectivity index (χ1n) is 11.6. The Kier molecular flexibility index (Phi) is 7.17. The fourth-order valence-electron chi connectivity index (χ4n) is 5.00. The van der Waals surface area contributed by atoms with Crippen LogP contribution in [-0.2, 0) is 14.3 Å². The summed E-state index contributed by atoms with van der Waals surface area (Å²) in [7, 11) is 3.66. The van der Waals surface area contributed by atoms with Gasteiger partial charge in [0.2, 0.25) is 5.91 Å². The second-order valence-corrected chi connectivity index (χ2v) is 9.32. The van der Waals surface area contributed by atoms with Crippen LogP contribution in [0.1, 0.15) is 29.9 Å². The number of ether oxygens (including phenoxy) is 1. The Morgan fingerprint density at radius 2 is 1.71 bits per heavy atom. The number of hydrogen-bond acceptors (Lipinski definition) is 5. The normalized spacial score (nSPS) is 17.9. The average molecular weight is 466 g/mol. The highest BCUT2D eigenvalue weighted by Crippen LogP contribution is 2.44. The number of benzene rings is 2. The van der Waals surface area contributed by atoms with Crippen molar-refractivity contribution < 1.29 is 24.2 Å². The maximum Gasteiger partial charge on any atom is 0.407 e. The number of carbonyl (C=O) groups excluding carboxylic acids is 2. The SMILES string of the molecule is CN(C)C[C@H](NC(=O)OCC1c2ccccc2-c2ccccc21)C(=O)N1CCC(CC(=O)O)C1. The number of amides is 2. The van der Waals surface area contributed by atoms with Crippen LogP contribution in [0.25, 0.3) is 11.1 Å². The monoisotopic (exact) mass is 465 g/mol. The van der Waals surface area contributed by atoms with Gasteiger partial charge in [0.1, 0.15) is 12.6 Å². The summed E-state index contributed by atoms with van der Waals surface area (Å²) in [5, 5.41) is 11.8. The summed E-state index contributed by atoms with van der Waals surface area (Å²) in [6.45, 7) is 1.38. The Morgan fingerprint density at radius 1 is 1.09 bits per heavy atom. The Balaban J connectivity index is 1.39. The minimum atomic E-state index is -0.860. The van der Waals surface area contributed by atoms with Gasteiger partial charge in [-0.3, -0.25) is 9.59 Å². The van der Waals surface area contributed by atoms with Gasteiger partial charge < -0.3 is 25.0 Å². The quantitative estimate of drug-likeness (QED) is 0.622. The third-order valence-corrected chi connectivity index (χ3v) is 6.54. The van der Waals surface area contributed by atoms with Crippen molar-refractivity contribution in [1.82, 2.24) is 15.1 Å². The van der Waals surface area contributed by atoms with E-state index >= 15 is 0 Å². The molecule has 34 heavy (non-hydrogen) atoms. The van der Waals surface area contributed by atoms with Gasteiger partial charge in [-0.2, -0.15) is 0 Å². The zero-order valence-electron chi connectivity index (χ0n) is 19.6. The van der Waals surface area contributed by atoms with E-state index in [4.69, 9.17) is 9.84 Å². The van der Waals surface area contributed by atoms with Crippen LogP contribution < -0.4 is 5.32 Å². The first-order valence-corrected chi connectivity index (χ1v) is 11.6. The molecule has 2 atom stereocenters. The molecular weight excluding hydrogens is 434 g/mol. The van der Waals surface area contributed by atoms with Crippen molar-refractivity contribution in [3.05, 3.63) is 59.7 Å². The minimum absolute atomic E-state index is 0.0436. The summed E-state index contributed by atoms with van der Waals surface area (Å²) in [6.07, 6.45) is 0.0583. The maximum atomic E-state index is 13.1. The van der Waals surface area contributed by atoms with Crippen LogP contribution in [0.4, 0.5) is 4.79 Å². The van der Waals surface area contributed by atoms with Crippen LogP contribution >= 0.6 is 0 Å². The number of carboxylic acids is 1. The van der Waals surface area contributed by atoms with Gasteiger partial charge in [-0.1, -0.05) is 48.5 Å². The van der Waals surface area contributed by atoms with E-state index in [0.717, 1.165) is 22.3 Å². The van der Waals surface area contributed by atoms with Crippen LogP contribution in [0.3, 0.4) is 0 Å². The largest absolute Gasteiger partial charge is 0.481 e. The minimum Gasteiger partial charge on any atom is -0.481 e. The molecule has 0 aromatic heterocycles. The topological polar surface area (TPSA) is 99.2 Å². The van der Waals surface area contributed by atoms with Crippen molar-refractivity contribution in [3.8, 4) is 11.1 Å². The molecule has 2 aromatic carbocycles. The first kappa shape index (κ1) is 23.8. The summed E-state index contributed by atoms with van der Waals surface area (Å²) in [4.78, 5) is 40.3. The zero-order valence-corrected chi connectivity index (χ0v) is 19.6. The third-order valence-electron chi connectivity index (χ3n) is 6.54. The van der Waals surface area contributed by atoms with Gasteiger partial charge in [0.05, 0.1) is 0 Å². The second-order valence-electron chi connectivity index (χ2n) is 9.32. The maximum absolute atomic E-state index is 13.1.